The van der Waals surface area contributed by atoms with Crippen LogP contribution >= 0.6 is 7.60 Å². The van der Waals surface area contributed by atoms with Crippen molar-refractivity contribution in [3.8, 4) is 23.0 Å². The third-order valence-corrected chi connectivity index (χ3v) is 6.41. The van der Waals surface area contributed by atoms with Gasteiger partial charge in [0.25, 0.3) is 0 Å². The Hall–Kier alpha value is -3.43. The van der Waals surface area contributed by atoms with Crippen molar-refractivity contribution < 1.29 is 23.1 Å². The van der Waals surface area contributed by atoms with Crippen molar-refractivity contribution >= 4 is 25.1 Å². The number of ether oxygens (including phenoxy) is 2. The molecule has 0 aliphatic heterocycles. The van der Waals surface area contributed by atoms with Crippen molar-refractivity contribution in [3.05, 3.63) is 90.0 Å². The molecule has 5 nitrogen and oxygen atoms in total. The molecule has 3 rings (SSSR count). The molecule has 6 heteroatoms. The molecule has 0 heterocycles. The van der Waals surface area contributed by atoms with Gasteiger partial charge in [0.15, 0.2) is 23.0 Å². The minimum absolute atomic E-state index is 0.317. The summed E-state index contributed by atoms with van der Waals surface area (Å²) in [7, 11) is -0.772. The first kappa shape index (κ1) is 23.2. The topological polar surface area (TPSA) is 54.0 Å². The highest BCUT2D eigenvalue weighted by molar-refractivity contribution is 7.63. The largest absolute Gasteiger partial charge is 0.493 e. The van der Waals surface area contributed by atoms with E-state index in [1.807, 2.05) is 68.5 Å². The summed E-state index contributed by atoms with van der Waals surface area (Å²) in [4.78, 5) is 0. The van der Waals surface area contributed by atoms with E-state index in [-0.39, 0.29) is 0 Å². The third kappa shape index (κ3) is 5.43. The lowest BCUT2D eigenvalue weighted by molar-refractivity contribution is 0.354. The monoisotopic (exact) mass is 450 g/mol. The van der Waals surface area contributed by atoms with Gasteiger partial charge in [-0.15, -0.1) is 0 Å². The lowest BCUT2D eigenvalue weighted by Gasteiger charge is -2.22. The van der Waals surface area contributed by atoms with Crippen molar-refractivity contribution in [1.82, 2.24) is 0 Å². The molecule has 0 bridgehead atoms. The average Bonchev–Trinajstić information content (AvgIpc) is 2.82. The molecule has 0 fully saturated rings. The third-order valence-electron chi connectivity index (χ3n) is 4.60. The summed E-state index contributed by atoms with van der Waals surface area (Å²) < 4.78 is 37.2. The van der Waals surface area contributed by atoms with E-state index in [9.17, 15) is 4.57 Å². The smallest absolute Gasteiger partial charge is 0.463 e. The van der Waals surface area contributed by atoms with Crippen LogP contribution < -0.4 is 23.8 Å². The second-order valence-electron chi connectivity index (χ2n) is 6.84. The molecule has 0 aromatic heterocycles. The average molecular weight is 450 g/mol. The second kappa shape index (κ2) is 10.7. The molecule has 0 unspecified atom stereocenters. The Kier molecular flexibility index (Phi) is 7.80. The van der Waals surface area contributed by atoms with Crippen LogP contribution in [0.2, 0.25) is 0 Å². The molecule has 0 amide bonds. The maximum Gasteiger partial charge on any atom is 0.463 e. The van der Waals surface area contributed by atoms with Crippen molar-refractivity contribution in [2.24, 2.45) is 0 Å². The van der Waals surface area contributed by atoms with E-state index in [4.69, 9.17) is 18.5 Å². The van der Waals surface area contributed by atoms with Gasteiger partial charge >= 0.3 is 7.60 Å². The van der Waals surface area contributed by atoms with Gasteiger partial charge in [0, 0.05) is 0 Å². The number of hydrogen-bond acceptors (Lipinski definition) is 5. The minimum atomic E-state index is -3.85. The molecule has 0 atom stereocenters. The van der Waals surface area contributed by atoms with Crippen molar-refractivity contribution in [1.29, 1.82) is 0 Å². The number of methoxy groups -OCH3 is 2. The summed E-state index contributed by atoms with van der Waals surface area (Å²) in [5.74, 6) is 1.54. The van der Waals surface area contributed by atoms with E-state index in [2.05, 4.69) is 0 Å². The summed E-state index contributed by atoms with van der Waals surface area (Å²) in [6, 6.07) is 19.6. The van der Waals surface area contributed by atoms with E-state index in [0.717, 1.165) is 11.1 Å². The summed E-state index contributed by atoms with van der Waals surface area (Å²) in [5.41, 5.74) is 1.88. The minimum Gasteiger partial charge on any atom is -0.493 e. The Bertz CT molecular complexity index is 1080. The fraction of sp³-hybridized carbons (Fsp3) is 0.154. The Balaban J connectivity index is 2.05. The van der Waals surface area contributed by atoms with Crippen molar-refractivity contribution in [3.63, 3.8) is 0 Å². The Labute approximate surface area is 189 Å². The Morgan fingerprint density at radius 2 is 1.12 bits per heavy atom. The van der Waals surface area contributed by atoms with Gasteiger partial charge in [0.2, 0.25) is 0 Å². The van der Waals surface area contributed by atoms with Gasteiger partial charge in [-0.25, -0.2) is 4.57 Å². The van der Waals surface area contributed by atoms with Crippen LogP contribution in [0.3, 0.4) is 0 Å². The van der Waals surface area contributed by atoms with Gasteiger partial charge < -0.3 is 18.5 Å². The summed E-state index contributed by atoms with van der Waals surface area (Å²) in [5, 5.41) is 0.416. The Morgan fingerprint density at radius 1 is 0.656 bits per heavy atom. The van der Waals surface area contributed by atoms with E-state index in [0.29, 0.717) is 28.3 Å². The molecule has 3 aromatic carbocycles. The summed E-state index contributed by atoms with van der Waals surface area (Å²) in [6.45, 7) is 3.87. The first-order valence-corrected chi connectivity index (χ1v) is 11.7. The Morgan fingerprint density at radius 3 is 1.53 bits per heavy atom. The van der Waals surface area contributed by atoms with Crippen molar-refractivity contribution in [2.75, 3.05) is 14.2 Å². The van der Waals surface area contributed by atoms with Gasteiger partial charge in [-0.3, -0.25) is 0 Å². The van der Waals surface area contributed by atoms with Crippen LogP contribution in [0.15, 0.2) is 78.9 Å². The summed E-state index contributed by atoms with van der Waals surface area (Å²) >= 11 is 0. The molecule has 3 aromatic rings. The molecule has 166 valence electrons. The van der Waals surface area contributed by atoms with Crippen LogP contribution in [-0.4, -0.2) is 14.2 Å². The van der Waals surface area contributed by atoms with Crippen LogP contribution in [0.5, 0.6) is 23.0 Å². The highest BCUT2D eigenvalue weighted by atomic mass is 31.2. The highest BCUT2D eigenvalue weighted by Gasteiger charge is 2.33. The van der Waals surface area contributed by atoms with E-state index in [1.165, 1.54) is 0 Å². The van der Waals surface area contributed by atoms with Crippen LogP contribution in [0, 0.1) is 0 Å². The molecule has 0 aliphatic rings. The highest BCUT2D eigenvalue weighted by Crippen LogP contribution is 2.51. The molecule has 0 spiro atoms. The van der Waals surface area contributed by atoms with Crippen LogP contribution in [0.1, 0.15) is 25.0 Å². The summed E-state index contributed by atoms with van der Waals surface area (Å²) in [6.07, 6.45) is 7.74. The number of rotatable bonds is 9. The molecular formula is C26H27O5P. The SMILES string of the molecule is C/C=C/c1ccc(OP(=O)(Oc2ccc(/C=C/C)cc2OC)c2ccccc2)c(OC)c1. The fourth-order valence-electron chi connectivity index (χ4n) is 3.10. The van der Waals surface area contributed by atoms with E-state index < -0.39 is 7.60 Å². The van der Waals surface area contributed by atoms with Crippen LogP contribution in [0.4, 0.5) is 0 Å². The fourth-order valence-corrected chi connectivity index (χ4v) is 4.71. The van der Waals surface area contributed by atoms with E-state index in [1.54, 1.807) is 50.6 Å². The molecule has 0 saturated heterocycles. The molecule has 32 heavy (non-hydrogen) atoms. The standard InChI is InChI=1S/C26H27O5P/c1-5-10-20-14-16-23(25(18-20)28-3)30-32(27,22-12-8-7-9-13-22)31-24-17-15-21(11-6-2)19-26(24)29-4/h5-19H,1-4H3/b10-5+,11-6+. The zero-order chi connectivity index (χ0) is 23.0. The van der Waals surface area contributed by atoms with E-state index >= 15 is 0 Å². The zero-order valence-corrected chi connectivity index (χ0v) is 19.5. The van der Waals surface area contributed by atoms with Gasteiger partial charge in [-0.2, -0.15) is 0 Å². The molecular weight excluding hydrogens is 423 g/mol. The lowest BCUT2D eigenvalue weighted by atomic mass is 10.2. The quantitative estimate of drug-likeness (QED) is 0.338. The predicted molar refractivity (Wildman–Crippen MR) is 130 cm³/mol. The number of allylic oxidation sites excluding steroid dienone is 2. The number of benzene rings is 3. The van der Waals surface area contributed by atoms with Gasteiger partial charge in [-0.1, -0.05) is 54.6 Å². The van der Waals surface area contributed by atoms with Gasteiger partial charge in [-0.05, 0) is 61.4 Å². The van der Waals surface area contributed by atoms with Gasteiger partial charge in [0.1, 0.15) is 0 Å². The van der Waals surface area contributed by atoms with Gasteiger partial charge in [0.05, 0.1) is 19.5 Å². The molecule has 0 radical (unpaired) electrons. The van der Waals surface area contributed by atoms with Crippen molar-refractivity contribution in [2.45, 2.75) is 13.8 Å². The predicted octanol–water partition coefficient (Wildman–Crippen LogP) is 6.75. The maximum absolute atomic E-state index is 14.1. The normalized spacial score (nSPS) is 11.6. The first-order chi connectivity index (χ1) is 15.5. The molecule has 0 saturated carbocycles. The maximum atomic E-state index is 14.1. The van der Waals surface area contributed by atoms with Crippen LogP contribution in [-0.2, 0) is 4.57 Å². The zero-order valence-electron chi connectivity index (χ0n) is 18.6. The number of hydrogen-bond donors (Lipinski definition) is 0. The molecule has 0 aliphatic carbocycles. The lowest BCUT2D eigenvalue weighted by Crippen LogP contribution is -2.15. The van der Waals surface area contributed by atoms with Crippen LogP contribution in [0.25, 0.3) is 12.2 Å². The second-order valence-corrected chi connectivity index (χ2v) is 8.71. The first-order valence-electron chi connectivity index (χ1n) is 10.2. The molecule has 0 N–H and O–H groups in total.